The quantitative estimate of drug-likeness (QED) is 0.554. The molecule has 2 rings (SSSR count). The van der Waals surface area contributed by atoms with Gasteiger partial charge in [0.25, 0.3) is 0 Å². The van der Waals surface area contributed by atoms with Crippen LogP contribution in [0.5, 0.6) is 0 Å². The van der Waals surface area contributed by atoms with E-state index in [1.807, 2.05) is 0 Å². The summed E-state index contributed by atoms with van der Waals surface area (Å²) in [5.74, 6) is 0. The number of nitriles is 1. The van der Waals surface area contributed by atoms with E-state index in [0.717, 1.165) is 26.2 Å². The Bertz CT molecular complexity index is 201. The van der Waals surface area contributed by atoms with Crippen LogP contribution in [-0.2, 0) is 4.74 Å². The SMILES string of the molecule is N#CC1(N2CCNCC2)COC1. The predicted molar refractivity (Wildman–Crippen MR) is 43.6 cm³/mol. The Morgan fingerprint density at radius 1 is 1.33 bits per heavy atom. The molecule has 0 aromatic rings. The predicted octanol–water partition coefficient (Wildman–Crippen LogP) is -0.816. The molecule has 2 aliphatic heterocycles. The van der Waals surface area contributed by atoms with Gasteiger partial charge < -0.3 is 10.1 Å². The van der Waals surface area contributed by atoms with Crippen molar-refractivity contribution in [2.75, 3.05) is 39.4 Å². The van der Waals surface area contributed by atoms with Gasteiger partial charge in [0, 0.05) is 26.2 Å². The number of rotatable bonds is 1. The van der Waals surface area contributed by atoms with Crippen LogP contribution in [0, 0.1) is 11.3 Å². The first-order valence-electron chi connectivity index (χ1n) is 4.32. The minimum absolute atomic E-state index is 0.290. The Balaban J connectivity index is 2.01. The molecule has 0 atom stereocenters. The highest BCUT2D eigenvalue weighted by atomic mass is 16.5. The highest BCUT2D eigenvalue weighted by molar-refractivity contribution is 5.13. The fraction of sp³-hybridized carbons (Fsp3) is 0.875. The monoisotopic (exact) mass is 167 g/mol. The number of hydrogen-bond acceptors (Lipinski definition) is 4. The Kier molecular flexibility index (Phi) is 2.01. The van der Waals surface area contributed by atoms with E-state index in [4.69, 9.17) is 10.00 Å². The maximum atomic E-state index is 9.00. The molecule has 2 heterocycles. The molecule has 0 saturated carbocycles. The van der Waals surface area contributed by atoms with E-state index < -0.39 is 0 Å². The molecule has 12 heavy (non-hydrogen) atoms. The lowest BCUT2D eigenvalue weighted by atomic mass is 9.96. The van der Waals surface area contributed by atoms with Crippen molar-refractivity contribution in [1.29, 1.82) is 5.26 Å². The number of nitrogens with one attached hydrogen (secondary N) is 1. The molecular formula is C8H13N3O. The second kappa shape index (κ2) is 3.02. The maximum Gasteiger partial charge on any atom is 0.156 e. The van der Waals surface area contributed by atoms with Gasteiger partial charge >= 0.3 is 0 Å². The first kappa shape index (κ1) is 7.99. The molecule has 1 N–H and O–H groups in total. The summed E-state index contributed by atoms with van der Waals surface area (Å²) in [5.41, 5.74) is -0.290. The summed E-state index contributed by atoms with van der Waals surface area (Å²) >= 11 is 0. The van der Waals surface area contributed by atoms with Crippen LogP contribution >= 0.6 is 0 Å². The molecule has 66 valence electrons. The molecule has 0 aliphatic carbocycles. The Morgan fingerprint density at radius 2 is 2.00 bits per heavy atom. The largest absolute Gasteiger partial charge is 0.375 e. The summed E-state index contributed by atoms with van der Waals surface area (Å²) in [7, 11) is 0. The van der Waals surface area contributed by atoms with Gasteiger partial charge in [-0.15, -0.1) is 0 Å². The third-order valence-electron chi connectivity index (χ3n) is 2.61. The van der Waals surface area contributed by atoms with Crippen LogP contribution in [0.25, 0.3) is 0 Å². The second-order valence-electron chi connectivity index (χ2n) is 3.37. The number of piperazine rings is 1. The normalized spacial score (nSPS) is 28.9. The van der Waals surface area contributed by atoms with Crippen molar-refractivity contribution in [3.8, 4) is 6.07 Å². The van der Waals surface area contributed by atoms with E-state index in [9.17, 15) is 0 Å². The van der Waals surface area contributed by atoms with Crippen LogP contribution < -0.4 is 5.32 Å². The first-order valence-corrected chi connectivity index (χ1v) is 4.32. The summed E-state index contributed by atoms with van der Waals surface area (Å²) in [6.45, 7) is 5.09. The smallest absolute Gasteiger partial charge is 0.156 e. The molecular weight excluding hydrogens is 154 g/mol. The molecule has 0 bridgehead atoms. The summed E-state index contributed by atoms with van der Waals surface area (Å²) in [5, 5.41) is 12.3. The molecule has 0 amide bonds. The Labute approximate surface area is 72.1 Å². The molecule has 4 heteroatoms. The zero-order valence-electron chi connectivity index (χ0n) is 7.05. The lowest BCUT2D eigenvalue weighted by Crippen LogP contribution is -2.65. The number of nitrogens with zero attached hydrogens (tertiary/aromatic N) is 2. The molecule has 2 saturated heterocycles. The van der Waals surface area contributed by atoms with Gasteiger partial charge in [-0.2, -0.15) is 5.26 Å². The van der Waals surface area contributed by atoms with Crippen LogP contribution in [0.1, 0.15) is 0 Å². The molecule has 0 radical (unpaired) electrons. The van der Waals surface area contributed by atoms with Gasteiger partial charge in [0.15, 0.2) is 5.54 Å². The van der Waals surface area contributed by atoms with E-state index in [1.54, 1.807) is 0 Å². The van der Waals surface area contributed by atoms with Crippen molar-refractivity contribution in [3.05, 3.63) is 0 Å². The molecule has 0 unspecified atom stereocenters. The number of hydrogen-bond donors (Lipinski definition) is 1. The van der Waals surface area contributed by atoms with Crippen LogP contribution in [0.2, 0.25) is 0 Å². The molecule has 2 aliphatic rings. The summed E-state index contributed by atoms with van der Waals surface area (Å²) in [6.07, 6.45) is 0. The van der Waals surface area contributed by atoms with Gasteiger partial charge in [0.2, 0.25) is 0 Å². The lowest BCUT2D eigenvalue weighted by molar-refractivity contribution is -0.111. The Hall–Kier alpha value is -0.630. The van der Waals surface area contributed by atoms with Gasteiger partial charge in [-0.05, 0) is 0 Å². The molecule has 0 spiro atoms. The van der Waals surface area contributed by atoms with Crippen LogP contribution in [-0.4, -0.2) is 49.8 Å². The van der Waals surface area contributed by atoms with E-state index in [0.29, 0.717) is 13.2 Å². The van der Waals surface area contributed by atoms with Crippen molar-refractivity contribution in [3.63, 3.8) is 0 Å². The van der Waals surface area contributed by atoms with E-state index in [2.05, 4.69) is 16.3 Å². The average molecular weight is 167 g/mol. The summed E-state index contributed by atoms with van der Waals surface area (Å²) < 4.78 is 5.10. The third kappa shape index (κ3) is 1.11. The lowest BCUT2D eigenvalue weighted by Gasteiger charge is -2.46. The van der Waals surface area contributed by atoms with Gasteiger partial charge in [0.1, 0.15) is 0 Å². The maximum absolute atomic E-state index is 9.00. The molecule has 2 fully saturated rings. The standard InChI is InChI=1S/C8H13N3O/c9-5-8(6-12-7-8)11-3-1-10-2-4-11/h10H,1-4,6-7H2. The molecule has 0 aromatic carbocycles. The van der Waals surface area contributed by atoms with Gasteiger partial charge in [-0.1, -0.05) is 0 Å². The Morgan fingerprint density at radius 3 is 2.42 bits per heavy atom. The van der Waals surface area contributed by atoms with Crippen molar-refractivity contribution in [2.45, 2.75) is 5.54 Å². The van der Waals surface area contributed by atoms with E-state index in [-0.39, 0.29) is 5.54 Å². The van der Waals surface area contributed by atoms with Crippen LogP contribution in [0.3, 0.4) is 0 Å². The summed E-state index contributed by atoms with van der Waals surface area (Å²) in [6, 6.07) is 2.36. The van der Waals surface area contributed by atoms with Crippen molar-refractivity contribution >= 4 is 0 Å². The zero-order chi connectivity index (χ0) is 8.44. The first-order chi connectivity index (χ1) is 5.87. The highest BCUT2D eigenvalue weighted by Gasteiger charge is 2.44. The minimum atomic E-state index is -0.290. The topological polar surface area (TPSA) is 48.3 Å². The zero-order valence-corrected chi connectivity index (χ0v) is 7.05. The minimum Gasteiger partial charge on any atom is -0.375 e. The fourth-order valence-electron chi connectivity index (χ4n) is 1.71. The van der Waals surface area contributed by atoms with Gasteiger partial charge in [-0.3, -0.25) is 4.90 Å². The van der Waals surface area contributed by atoms with E-state index >= 15 is 0 Å². The second-order valence-corrected chi connectivity index (χ2v) is 3.37. The van der Waals surface area contributed by atoms with Crippen LogP contribution in [0.4, 0.5) is 0 Å². The van der Waals surface area contributed by atoms with Crippen molar-refractivity contribution in [2.24, 2.45) is 0 Å². The fourth-order valence-corrected chi connectivity index (χ4v) is 1.71. The van der Waals surface area contributed by atoms with E-state index in [1.165, 1.54) is 0 Å². The summed E-state index contributed by atoms with van der Waals surface area (Å²) in [4.78, 5) is 2.23. The molecule has 0 aromatic heterocycles. The van der Waals surface area contributed by atoms with Crippen molar-refractivity contribution < 1.29 is 4.74 Å². The van der Waals surface area contributed by atoms with Gasteiger partial charge in [-0.25, -0.2) is 0 Å². The highest BCUT2D eigenvalue weighted by Crippen LogP contribution is 2.24. The van der Waals surface area contributed by atoms with Crippen molar-refractivity contribution in [1.82, 2.24) is 10.2 Å². The van der Waals surface area contributed by atoms with Crippen LogP contribution in [0.15, 0.2) is 0 Å². The average Bonchev–Trinajstić information content (AvgIpc) is 2.05. The van der Waals surface area contributed by atoms with Gasteiger partial charge in [0.05, 0.1) is 19.3 Å². The molecule has 4 nitrogen and oxygen atoms in total. The third-order valence-corrected chi connectivity index (χ3v) is 2.61. The number of ether oxygens (including phenoxy) is 1.